The van der Waals surface area contributed by atoms with Crippen LogP contribution in [0.25, 0.3) is 11.4 Å². The third kappa shape index (κ3) is 3.75. The summed E-state index contributed by atoms with van der Waals surface area (Å²) in [6.07, 6.45) is 0. The molecule has 2 aromatic carbocycles. The molecule has 0 saturated heterocycles. The normalized spacial score (nSPS) is 12.1. The number of nitrogens with zero attached hydrogens (tertiary/aromatic N) is 2. The number of nitrogens with one attached hydrogen (secondary N) is 1. The standard InChI is InChI=1S/C18H18ClN3O2/c1-12(15-8-3-4-9-16(15)19)20-11-17-21-18(22-24-17)13-6-5-7-14(10-13)23-2/h3-10,12,20H,11H2,1-2H3. The lowest BCUT2D eigenvalue weighted by atomic mass is 10.1. The van der Waals surface area contributed by atoms with Gasteiger partial charge in [0.1, 0.15) is 5.75 Å². The van der Waals surface area contributed by atoms with Crippen LogP contribution in [0.15, 0.2) is 53.1 Å². The summed E-state index contributed by atoms with van der Waals surface area (Å²) in [6, 6.07) is 15.4. The molecule has 0 amide bonds. The predicted molar refractivity (Wildman–Crippen MR) is 93.0 cm³/mol. The molecule has 1 aromatic heterocycles. The molecule has 0 spiro atoms. The number of hydrogen-bond donors (Lipinski definition) is 1. The van der Waals surface area contributed by atoms with Gasteiger partial charge in [-0.05, 0) is 30.7 Å². The van der Waals surface area contributed by atoms with Crippen LogP contribution in [0.5, 0.6) is 5.75 Å². The first-order valence-corrected chi connectivity index (χ1v) is 8.00. The number of rotatable bonds is 6. The molecule has 0 aliphatic heterocycles. The van der Waals surface area contributed by atoms with Gasteiger partial charge in [-0.2, -0.15) is 4.98 Å². The molecule has 24 heavy (non-hydrogen) atoms. The van der Waals surface area contributed by atoms with Crippen molar-refractivity contribution in [2.24, 2.45) is 0 Å². The molecule has 3 rings (SSSR count). The maximum atomic E-state index is 6.21. The van der Waals surface area contributed by atoms with E-state index in [1.807, 2.05) is 55.5 Å². The summed E-state index contributed by atoms with van der Waals surface area (Å²) < 4.78 is 10.5. The fraction of sp³-hybridized carbons (Fsp3) is 0.222. The number of halogens is 1. The van der Waals surface area contributed by atoms with Gasteiger partial charge in [-0.3, -0.25) is 0 Å². The van der Waals surface area contributed by atoms with Crippen molar-refractivity contribution in [1.29, 1.82) is 0 Å². The summed E-state index contributed by atoms with van der Waals surface area (Å²) in [7, 11) is 1.63. The molecule has 0 fully saturated rings. The Morgan fingerprint density at radius 3 is 2.83 bits per heavy atom. The van der Waals surface area contributed by atoms with Gasteiger partial charge in [0.15, 0.2) is 0 Å². The number of aromatic nitrogens is 2. The minimum Gasteiger partial charge on any atom is -0.497 e. The smallest absolute Gasteiger partial charge is 0.240 e. The van der Waals surface area contributed by atoms with Gasteiger partial charge in [0, 0.05) is 16.6 Å². The van der Waals surface area contributed by atoms with Gasteiger partial charge in [0.25, 0.3) is 0 Å². The molecule has 0 aliphatic rings. The van der Waals surface area contributed by atoms with Gasteiger partial charge in [-0.1, -0.05) is 47.1 Å². The van der Waals surface area contributed by atoms with E-state index in [-0.39, 0.29) is 6.04 Å². The second-order valence-corrected chi connectivity index (χ2v) is 5.77. The van der Waals surface area contributed by atoms with Crippen molar-refractivity contribution in [1.82, 2.24) is 15.5 Å². The monoisotopic (exact) mass is 343 g/mol. The Balaban J connectivity index is 1.67. The molecule has 3 aromatic rings. The van der Waals surface area contributed by atoms with Crippen LogP contribution in [-0.2, 0) is 6.54 Å². The molecular weight excluding hydrogens is 326 g/mol. The lowest BCUT2D eigenvalue weighted by Gasteiger charge is -2.13. The maximum Gasteiger partial charge on any atom is 0.240 e. The molecule has 0 radical (unpaired) electrons. The van der Waals surface area contributed by atoms with E-state index >= 15 is 0 Å². The summed E-state index contributed by atoms with van der Waals surface area (Å²) in [6.45, 7) is 2.50. The average molecular weight is 344 g/mol. The van der Waals surface area contributed by atoms with Crippen molar-refractivity contribution < 1.29 is 9.26 Å². The molecule has 0 aliphatic carbocycles. The van der Waals surface area contributed by atoms with Crippen molar-refractivity contribution in [3.63, 3.8) is 0 Å². The third-order valence-electron chi connectivity index (χ3n) is 3.73. The first kappa shape index (κ1) is 16.5. The molecule has 1 unspecified atom stereocenters. The van der Waals surface area contributed by atoms with E-state index in [0.29, 0.717) is 18.3 Å². The van der Waals surface area contributed by atoms with E-state index in [9.17, 15) is 0 Å². The Bertz CT molecular complexity index is 819. The van der Waals surface area contributed by atoms with Crippen LogP contribution in [-0.4, -0.2) is 17.3 Å². The SMILES string of the molecule is COc1cccc(-c2noc(CNC(C)c3ccccc3Cl)n2)c1. The zero-order valence-corrected chi connectivity index (χ0v) is 14.2. The highest BCUT2D eigenvalue weighted by molar-refractivity contribution is 6.31. The number of benzene rings is 2. The highest BCUT2D eigenvalue weighted by Gasteiger charge is 2.12. The second-order valence-electron chi connectivity index (χ2n) is 5.37. The average Bonchev–Trinajstić information content (AvgIpc) is 3.09. The van der Waals surface area contributed by atoms with E-state index in [0.717, 1.165) is 21.9 Å². The van der Waals surface area contributed by atoms with Crippen molar-refractivity contribution >= 4 is 11.6 Å². The second kappa shape index (κ2) is 7.47. The maximum absolute atomic E-state index is 6.21. The van der Waals surface area contributed by atoms with Crippen LogP contribution in [0.2, 0.25) is 5.02 Å². The molecular formula is C18H18ClN3O2. The first-order chi connectivity index (χ1) is 11.7. The topological polar surface area (TPSA) is 60.2 Å². The number of hydrogen-bond acceptors (Lipinski definition) is 5. The van der Waals surface area contributed by atoms with E-state index in [1.54, 1.807) is 7.11 Å². The van der Waals surface area contributed by atoms with Crippen LogP contribution in [0.3, 0.4) is 0 Å². The van der Waals surface area contributed by atoms with Crippen molar-refractivity contribution in [2.75, 3.05) is 7.11 Å². The summed E-state index contributed by atoms with van der Waals surface area (Å²) >= 11 is 6.21. The summed E-state index contributed by atoms with van der Waals surface area (Å²) in [5.41, 5.74) is 1.88. The minimum absolute atomic E-state index is 0.0749. The molecule has 1 heterocycles. The van der Waals surface area contributed by atoms with Crippen LogP contribution in [0.4, 0.5) is 0 Å². The highest BCUT2D eigenvalue weighted by Crippen LogP contribution is 2.23. The molecule has 0 bridgehead atoms. The van der Waals surface area contributed by atoms with E-state index < -0.39 is 0 Å². The third-order valence-corrected chi connectivity index (χ3v) is 4.07. The van der Waals surface area contributed by atoms with Gasteiger partial charge in [0.05, 0.1) is 13.7 Å². The van der Waals surface area contributed by atoms with E-state index in [1.165, 1.54) is 0 Å². The Kier molecular flexibility index (Phi) is 5.13. The molecule has 1 atom stereocenters. The lowest BCUT2D eigenvalue weighted by molar-refractivity contribution is 0.360. The summed E-state index contributed by atoms with van der Waals surface area (Å²) in [5.74, 6) is 1.81. The number of methoxy groups -OCH3 is 1. The molecule has 5 nitrogen and oxygen atoms in total. The Morgan fingerprint density at radius 1 is 1.21 bits per heavy atom. The quantitative estimate of drug-likeness (QED) is 0.725. The largest absolute Gasteiger partial charge is 0.497 e. The van der Waals surface area contributed by atoms with Crippen LogP contribution >= 0.6 is 11.6 Å². The zero-order valence-electron chi connectivity index (χ0n) is 13.5. The Morgan fingerprint density at radius 2 is 2.04 bits per heavy atom. The molecule has 1 N–H and O–H groups in total. The minimum atomic E-state index is 0.0749. The Labute approximate surface area is 145 Å². The van der Waals surface area contributed by atoms with Gasteiger partial charge in [-0.15, -0.1) is 0 Å². The first-order valence-electron chi connectivity index (χ1n) is 7.62. The van der Waals surface area contributed by atoms with Crippen LogP contribution < -0.4 is 10.1 Å². The molecule has 6 heteroatoms. The van der Waals surface area contributed by atoms with E-state index in [2.05, 4.69) is 15.5 Å². The van der Waals surface area contributed by atoms with Crippen molar-refractivity contribution in [2.45, 2.75) is 19.5 Å². The van der Waals surface area contributed by atoms with Crippen LogP contribution in [0, 0.1) is 0 Å². The summed E-state index contributed by atoms with van der Waals surface area (Å²) in [4.78, 5) is 4.42. The lowest BCUT2D eigenvalue weighted by Crippen LogP contribution is -2.18. The van der Waals surface area contributed by atoms with Gasteiger partial charge < -0.3 is 14.6 Å². The van der Waals surface area contributed by atoms with Crippen molar-refractivity contribution in [3.05, 3.63) is 65.0 Å². The predicted octanol–water partition coefficient (Wildman–Crippen LogP) is 4.25. The van der Waals surface area contributed by atoms with Gasteiger partial charge >= 0.3 is 0 Å². The number of ether oxygens (including phenoxy) is 1. The molecule has 124 valence electrons. The van der Waals surface area contributed by atoms with Gasteiger partial charge in [0.2, 0.25) is 11.7 Å². The van der Waals surface area contributed by atoms with Crippen LogP contribution in [0.1, 0.15) is 24.4 Å². The summed E-state index contributed by atoms with van der Waals surface area (Å²) in [5, 5.41) is 8.10. The highest BCUT2D eigenvalue weighted by atomic mass is 35.5. The van der Waals surface area contributed by atoms with E-state index in [4.69, 9.17) is 20.9 Å². The Hall–Kier alpha value is -2.37. The fourth-order valence-corrected chi connectivity index (χ4v) is 2.68. The van der Waals surface area contributed by atoms with Gasteiger partial charge in [-0.25, -0.2) is 0 Å². The van der Waals surface area contributed by atoms with Crippen molar-refractivity contribution in [3.8, 4) is 17.1 Å². The fourth-order valence-electron chi connectivity index (χ4n) is 2.38. The zero-order chi connectivity index (χ0) is 16.9. The molecule has 0 saturated carbocycles.